The van der Waals surface area contributed by atoms with Gasteiger partial charge in [0.05, 0.1) is 9.30 Å². The van der Waals surface area contributed by atoms with Crippen LogP contribution in [0.25, 0.3) is 0 Å². The summed E-state index contributed by atoms with van der Waals surface area (Å²) in [4.78, 5) is 13.3. The SMILES string of the molecule is CN1C(=O)Cc2cc(C(O)c3csc(I)c3)ccc21. The van der Waals surface area contributed by atoms with E-state index in [1.54, 1.807) is 23.3 Å². The first-order valence-corrected chi connectivity index (χ1v) is 7.83. The number of hydrogen-bond acceptors (Lipinski definition) is 3. The Balaban J connectivity index is 1.95. The molecule has 0 saturated heterocycles. The van der Waals surface area contributed by atoms with Crippen molar-refractivity contribution in [1.29, 1.82) is 0 Å². The fourth-order valence-corrected chi connectivity index (χ4v) is 3.71. The van der Waals surface area contributed by atoms with E-state index < -0.39 is 6.10 Å². The van der Waals surface area contributed by atoms with Crippen molar-refractivity contribution < 1.29 is 9.90 Å². The lowest BCUT2D eigenvalue weighted by atomic mass is 10.0. The highest BCUT2D eigenvalue weighted by molar-refractivity contribution is 14.1. The van der Waals surface area contributed by atoms with Gasteiger partial charge in [0.25, 0.3) is 0 Å². The number of rotatable bonds is 2. The first-order valence-electron chi connectivity index (χ1n) is 5.87. The molecule has 0 aliphatic carbocycles. The van der Waals surface area contributed by atoms with Crippen LogP contribution in [0.5, 0.6) is 0 Å². The predicted octanol–water partition coefficient (Wildman–Crippen LogP) is 2.95. The van der Waals surface area contributed by atoms with Crippen molar-refractivity contribution in [2.24, 2.45) is 0 Å². The number of fused-ring (bicyclic) bond motifs is 1. The fraction of sp³-hybridized carbons (Fsp3) is 0.214. The third-order valence-corrected chi connectivity index (χ3v) is 5.21. The molecule has 1 amide bonds. The zero-order valence-electron chi connectivity index (χ0n) is 10.3. The molecule has 1 aliphatic heterocycles. The molecule has 2 aromatic rings. The first kappa shape index (κ1) is 13.1. The number of carbonyl (C=O) groups excluding carboxylic acids is 1. The molecule has 1 aromatic carbocycles. The molecule has 0 spiro atoms. The van der Waals surface area contributed by atoms with Crippen molar-refractivity contribution in [2.45, 2.75) is 12.5 Å². The lowest BCUT2D eigenvalue weighted by Crippen LogP contribution is -2.20. The van der Waals surface area contributed by atoms with E-state index in [4.69, 9.17) is 0 Å². The Morgan fingerprint density at radius 2 is 2.16 bits per heavy atom. The Hall–Kier alpha value is -0.920. The van der Waals surface area contributed by atoms with E-state index in [-0.39, 0.29) is 5.91 Å². The average Bonchev–Trinajstić information content (AvgIpc) is 2.94. The number of likely N-dealkylation sites (N-methyl/N-ethyl adjacent to an activating group) is 1. The number of amides is 1. The number of aliphatic hydroxyl groups excluding tert-OH is 1. The molecular weight excluding hydrogens is 373 g/mol. The third-order valence-electron chi connectivity index (χ3n) is 3.40. The summed E-state index contributed by atoms with van der Waals surface area (Å²) in [5.41, 5.74) is 3.69. The van der Waals surface area contributed by atoms with Crippen molar-refractivity contribution >= 4 is 45.5 Å². The molecule has 0 fully saturated rings. The number of thiophene rings is 1. The van der Waals surface area contributed by atoms with Crippen molar-refractivity contribution in [1.82, 2.24) is 0 Å². The van der Waals surface area contributed by atoms with Gasteiger partial charge in [0.15, 0.2) is 0 Å². The molecule has 1 atom stereocenters. The fourth-order valence-electron chi connectivity index (χ4n) is 2.32. The minimum absolute atomic E-state index is 0.103. The second kappa shape index (κ2) is 4.88. The molecule has 1 unspecified atom stereocenters. The van der Waals surface area contributed by atoms with E-state index in [0.717, 1.165) is 25.3 Å². The number of halogens is 1. The van der Waals surface area contributed by atoms with E-state index in [1.807, 2.05) is 29.6 Å². The summed E-state index contributed by atoms with van der Waals surface area (Å²) in [7, 11) is 1.78. The summed E-state index contributed by atoms with van der Waals surface area (Å²) in [5.74, 6) is 0.103. The van der Waals surface area contributed by atoms with Crippen molar-refractivity contribution in [3.63, 3.8) is 0 Å². The van der Waals surface area contributed by atoms with Crippen LogP contribution < -0.4 is 4.90 Å². The van der Waals surface area contributed by atoms with Crippen LogP contribution in [0.3, 0.4) is 0 Å². The van der Waals surface area contributed by atoms with E-state index >= 15 is 0 Å². The molecule has 0 saturated carbocycles. The van der Waals surface area contributed by atoms with Crippen LogP contribution in [0.1, 0.15) is 22.8 Å². The molecule has 3 nitrogen and oxygen atoms in total. The molecule has 1 aromatic heterocycles. The molecule has 0 radical (unpaired) electrons. The molecule has 2 heterocycles. The monoisotopic (exact) mass is 385 g/mol. The summed E-state index contributed by atoms with van der Waals surface area (Å²) in [6, 6.07) is 7.73. The van der Waals surface area contributed by atoms with Gasteiger partial charge in [0.2, 0.25) is 5.91 Å². The van der Waals surface area contributed by atoms with Crippen molar-refractivity contribution in [2.75, 3.05) is 11.9 Å². The molecule has 5 heteroatoms. The molecule has 19 heavy (non-hydrogen) atoms. The lowest BCUT2D eigenvalue weighted by Gasteiger charge is -2.13. The largest absolute Gasteiger partial charge is 0.384 e. The summed E-state index contributed by atoms with van der Waals surface area (Å²) in [6.45, 7) is 0. The predicted molar refractivity (Wildman–Crippen MR) is 84.7 cm³/mol. The van der Waals surface area contributed by atoms with Gasteiger partial charge in [0.1, 0.15) is 6.10 Å². The number of hydrogen-bond donors (Lipinski definition) is 1. The van der Waals surface area contributed by atoms with Gasteiger partial charge in [0, 0.05) is 12.7 Å². The van der Waals surface area contributed by atoms with Gasteiger partial charge in [-0.05, 0) is 56.8 Å². The highest BCUT2D eigenvalue weighted by Crippen LogP contribution is 2.33. The Morgan fingerprint density at radius 1 is 1.37 bits per heavy atom. The smallest absolute Gasteiger partial charge is 0.231 e. The van der Waals surface area contributed by atoms with E-state index in [2.05, 4.69) is 22.6 Å². The van der Waals surface area contributed by atoms with Crippen LogP contribution in [-0.2, 0) is 11.2 Å². The zero-order chi connectivity index (χ0) is 13.6. The van der Waals surface area contributed by atoms with Crippen molar-refractivity contribution in [3.05, 3.63) is 49.2 Å². The van der Waals surface area contributed by atoms with Crippen LogP contribution in [0.2, 0.25) is 0 Å². The van der Waals surface area contributed by atoms with E-state index in [1.165, 1.54) is 0 Å². The average molecular weight is 385 g/mol. The standard InChI is InChI=1S/C14H12INO2S/c1-16-11-3-2-8(4-9(11)6-13(16)17)14(18)10-5-12(15)19-7-10/h2-5,7,14,18H,6H2,1H3. The highest BCUT2D eigenvalue weighted by Gasteiger charge is 2.25. The topological polar surface area (TPSA) is 40.5 Å². The minimum Gasteiger partial charge on any atom is -0.384 e. The maximum Gasteiger partial charge on any atom is 0.231 e. The van der Waals surface area contributed by atoms with Crippen LogP contribution in [-0.4, -0.2) is 18.1 Å². The Bertz CT molecular complexity index is 653. The van der Waals surface area contributed by atoms with E-state index in [9.17, 15) is 9.90 Å². The highest BCUT2D eigenvalue weighted by atomic mass is 127. The van der Waals surface area contributed by atoms with Gasteiger partial charge in [-0.2, -0.15) is 0 Å². The number of anilines is 1. The molecule has 3 rings (SSSR count). The summed E-state index contributed by atoms with van der Waals surface area (Å²) in [6.07, 6.45) is -0.195. The lowest BCUT2D eigenvalue weighted by molar-refractivity contribution is -0.117. The third kappa shape index (κ3) is 2.30. The quantitative estimate of drug-likeness (QED) is 0.808. The summed E-state index contributed by atoms with van der Waals surface area (Å²) >= 11 is 3.86. The van der Waals surface area contributed by atoms with Gasteiger partial charge in [-0.15, -0.1) is 11.3 Å². The molecule has 0 bridgehead atoms. The number of nitrogens with zero attached hydrogens (tertiary/aromatic N) is 1. The van der Waals surface area contributed by atoms with Gasteiger partial charge in [-0.1, -0.05) is 12.1 Å². The number of benzene rings is 1. The van der Waals surface area contributed by atoms with E-state index in [0.29, 0.717) is 6.42 Å². The van der Waals surface area contributed by atoms with Crippen LogP contribution in [0.15, 0.2) is 29.6 Å². The van der Waals surface area contributed by atoms with Gasteiger partial charge >= 0.3 is 0 Å². The first-order chi connectivity index (χ1) is 9.06. The Morgan fingerprint density at radius 3 is 2.84 bits per heavy atom. The van der Waals surface area contributed by atoms with Gasteiger partial charge in [-0.3, -0.25) is 4.79 Å². The Labute approximate surface area is 129 Å². The number of aliphatic hydroxyl groups is 1. The zero-order valence-corrected chi connectivity index (χ0v) is 13.2. The summed E-state index contributed by atoms with van der Waals surface area (Å²) < 4.78 is 1.16. The van der Waals surface area contributed by atoms with Crippen LogP contribution >= 0.6 is 33.9 Å². The van der Waals surface area contributed by atoms with Crippen LogP contribution in [0, 0.1) is 2.88 Å². The maximum absolute atomic E-state index is 11.6. The van der Waals surface area contributed by atoms with Crippen LogP contribution in [0.4, 0.5) is 5.69 Å². The minimum atomic E-state index is -0.619. The maximum atomic E-state index is 11.6. The molecule has 1 aliphatic rings. The normalized spacial score (nSPS) is 15.7. The summed E-state index contributed by atoms with van der Waals surface area (Å²) in [5, 5.41) is 12.3. The second-order valence-corrected chi connectivity index (χ2v) is 7.41. The molecule has 1 N–H and O–H groups in total. The van der Waals surface area contributed by atoms with Gasteiger partial charge in [-0.25, -0.2) is 0 Å². The van der Waals surface area contributed by atoms with Gasteiger partial charge < -0.3 is 10.0 Å². The Kier molecular flexibility index (Phi) is 3.36. The molecular formula is C14H12INO2S. The number of carbonyl (C=O) groups is 1. The second-order valence-electron chi connectivity index (χ2n) is 4.60. The molecule has 98 valence electrons. The van der Waals surface area contributed by atoms with Crippen molar-refractivity contribution in [3.8, 4) is 0 Å².